The van der Waals surface area contributed by atoms with Crippen LogP contribution in [0.2, 0.25) is 0 Å². The Balaban J connectivity index is 1.54. The molecule has 7 heteroatoms. The largest absolute Gasteiger partial charge is 0.378 e. The summed E-state index contributed by atoms with van der Waals surface area (Å²) in [5.41, 5.74) is 0. The van der Waals surface area contributed by atoms with Crippen LogP contribution in [-0.2, 0) is 9.53 Å². The van der Waals surface area contributed by atoms with Gasteiger partial charge in [-0.05, 0) is 11.4 Å². The van der Waals surface area contributed by atoms with Gasteiger partial charge in [-0.15, -0.1) is 11.3 Å². The van der Waals surface area contributed by atoms with E-state index in [1.807, 2.05) is 16.3 Å². The highest BCUT2D eigenvalue weighted by molar-refractivity contribution is 7.16. The number of hydrogen-bond acceptors (Lipinski definition) is 6. The summed E-state index contributed by atoms with van der Waals surface area (Å²) >= 11 is 1.58. The van der Waals surface area contributed by atoms with Crippen molar-refractivity contribution in [3.8, 4) is 0 Å². The molecule has 3 rings (SSSR count). The molecule has 1 N–H and O–H groups in total. The summed E-state index contributed by atoms with van der Waals surface area (Å²) in [6.45, 7) is 3.25. The van der Waals surface area contributed by atoms with E-state index in [-0.39, 0.29) is 5.91 Å². The third-order valence-corrected chi connectivity index (χ3v) is 4.08. The van der Waals surface area contributed by atoms with Crippen molar-refractivity contribution in [1.82, 2.24) is 14.9 Å². The number of nitrogens with zero attached hydrogens (tertiary/aromatic N) is 3. The number of rotatable bonds is 4. The average molecular weight is 292 g/mol. The highest BCUT2D eigenvalue weighted by Crippen LogP contribution is 2.23. The van der Waals surface area contributed by atoms with Crippen molar-refractivity contribution >= 4 is 33.3 Å². The molecule has 0 aromatic carbocycles. The van der Waals surface area contributed by atoms with Crippen molar-refractivity contribution in [1.29, 1.82) is 0 Å². The topological polar surface area (TPSA) is 67.4 Å². The van der Waals surface area contributed by atoms with Gasteiger partial charge in [0.2, 0.25) is 5.91 Å². The van der Waals surface area contributed by atoms with Crippen LogP contribution in [0.15, 0.2) is 17.8 Å². The summed E-state index contributed by atoms with van der Waals surface area (Å²) in [6, 6.07) is 1.99. The van der Waals surface area contributed by atoms with Gasteiger partial charge in [0.25, 0.3) is 0 Å². The quantitative estimate of drug-likeness (QED) is 0.921. The summed E-state index contributed by atoms with van der Waals surface area (Å²) in [7, 11) is 0. The molecule has 0 bridgehead atoms. The number of nitrogens with one attached hydrogen (secondary N) is 1. The number of carbonyl (C=O) groups is 1. The molecule has 0 saturated carbocycles. The van der Waals surface area contributed by atoms with E-state index in [1.54, 1.807) is 17.7 Å². The van der Waals surface area contributed by atoms with Gasteiger partial charge in [0, 0.05) is 26.1 Å². The van der Waals surface area contributed by atoms with E-state index in [9.17, 15) is 4.79 Å². The predicted molar refractivity (Wildman–Crippen MR) is 77.9 cm³/mol. The van der Waals surface area contributed by atoms with E-state index in [0.717, 1.165) is 16.0 Å². The molecule has 2 aromatic heterocycles. The Kier molecular flexibility index (Phi) is 4.08. The van der Waals surface area contributed by atoms with E-state index in [4.69, 9.17) is 4.74 Å². The third kappa shape index (κ3) is 2.88. The van der Waals surface area contributed by atoms with Crippen LogP contribution in [0.5, 0.6) is 0 Å². The number of thiophene rings is 1. The van der Waals surface area contributed by atoms with Crippen molar-refractivity contribution in [3.05, 3.63) is 17.8 Å². The molecule has 1 saturated heterocycles. The molecule has 0 aliphatic carbocycles. The minimum absolute atomic E-state index is 0.163. The monoisotopic (exact) mass is 292 g/mol. The predicted octanol–water partition coefficient (Wildman–Crippen LogP) is 1.35. The van der Waals surface area contributed by atoms with Gasteiger partial charge < -0.3 is 15.0 Å². The lowest BCUT2D eigenvalue weighted by Crippen LogP contribution is -2.41. The number of anilines is 1. The lowest BCUT2D eigenvalue weighted by atomic mass is 10.3. The van der Waals surface area contributed by atoms with Gasteiger partial charge in [-0.1, -0.05) is 0 Å². The molecular weight excluding hydrogens is 276 g/mol. The van der Waals surface area contributed by atoms with Gasteiger partial charge in [-0.3, -0.25) is 4.79 Å². The Hall–Kier alpha value is -1.73. The van der Waals surface area contributed by atoms with Crippen LogP contribution in [0.3, 0.4) is 0 Å². The first-order valence-electron chi connectivity index (χ1n) is 6.62. The fraction of sp³-hybridized carbons (Fsp3) is 0.462. The molecule has 0 spiro atoms. The Morgan fingerprint density at radius 1 is 1.40 bits per heavy atom. The van der Waals surface area contributed by atoms with Gasteiger partial charge in [0.1, 0.15) is 17.0 Å². The van der Waals surface area contributed by atoms with Crippen molar-refractivity contribution in [2.24, 2.45) is 0 Å². The van der Waals surface area contributed by atoms with Gasteiger partial charge in [-0.2, -0.15) is 0 Å². The molecule has 106 valence electrons. The summed E-state index contributed by atoms with van der Waals surface area (Å²) in [6.07, 6.45) is 2.01. The lowest BCUT2D eigenvalue weighted by Gasteiger charge is -2.26. The molecule has 20 heavy (non-hydrogen) atoms. The maximum Gasteiger partial charge on any atom is 0.224 e. The van der Waals surface area contributed by atoms with E-state index in [1.165, 1.54) is 0 Å². The number of aromatic nitrogens is 2. The summed E-state index contributed by atoms with van der Waals surface area (Å²) < 4.78 is 5.24. The SMILES string of the molecule is O=C(CCNc1ncnc2sccc12)N1CCOCC1. The van der Waals surface area contributed by atoms with Gasteiger partial charge in [0.05, 0.1) is 18.6 Å². The Morgan fingerprint density at radius 3 is 3.10 bits per heavy atom. The van der Waals surface area contributed by atoms with Crippen LogP contribution in [-0.4, -0.2) is 53.6 Å². The van der Waals surface area contributed by atoms with E-state index in [2.05, 4.69) is 15.3 Å². The standard InChI is InChI=1S/C13H16N4O2S/c18-11(17-4-6-19-7-5-17)1-3-14-12-10-2-8-20-13(10)16-9-15-12/h2,8-9H,1,3-7H2,(H,14,15,16). The summed E-state index contributed by atoms with van der Waals surface area (Å²) in [4.78, 5) is 23.2. The van der Waals surface area contributed by atoms with Crippen molar-refractivity contribution in [3.63, 3.8) is 0 Å². The fourth-order valence-electron chi connectivity index (χ4n) is 2.19. The zero-order valence-electron chi connectivity index (χ0n) is 11.0. The zero-order valence-corrected chi connectivity index (χ0v) is 11.9. The number of morpholine rings is 1. The number of amides is 1. The third-order valence-electron chi connectivity index (χ3n) is 3.26. The zero-order chi connectivity index (χ0) is 13.8. The van der Waals surface area contributed by atoms with Gasteiger partial charge in [-0.25, -0.2) is 9.97 Å². The van der Waals surface area contributed by atoms with Gasteiger partial charge >= 0.3 is 0 Å². The first-order chi connectivity index (χ1) is 9.84. The molecule has 1 fully saturated rings. The average Bonchev–Trinajstić information content (AvgIpc) is 2.97. The lowest BCUT2D eigenvalue weighted by molar-refractivity contribution is -0.134. The van der Waals surface area contributed by atoms with Gasteiger partial charge in [0.15, 0.2) is 0 Å². The molecule has 0 unspecified atom stereocenters. The minimum Gasteiger partial charge on any atom is -0.378 e. The van der Waals surface area contributed by atoms with Crippen LogP contribution < -0.4 is 5.32 Å². The first kappa shape index (κ1) is 13.3. The number of carbonyl (C=O) groups excluding carboxylic acids is 1. The molecular formula is C13H16N4O2S. The van der Waals surface area contributed by atoms with Crippen LogP contribution in [0.4, 0.5) is 5.82 Å². The number of fused-ring (bicyclic) bond motifs is 1. The Labute approximate surface area is 120 Å². The maximum atomic E-state index is 12.0. The van der Waals surface area contributed by atoms with E-state index < -0.39 is 0 Å². The van der Waals surface area contributed by atoms with Crippen molar-refractivity contribution < 1.29 is 9.53 Å². The second-order valence-electron chi connectivity index (χ2n) is 4.53. The van der Waals surface area contributed by atoms with Crippen LogP contribution >= 0.6 is 11.3 Å². The highest BCUT2D eigenvalue weighted by Gasteiger charge is 2.16. The summed E-state index contributed by atoms with van der Waals surface area (Å²) in [5, 5.41) is 6.22. The summed E-state index contributed by atoms with van der Waals surface area (Å²) in [5.74, 6) is 0.961. The fourth-order valence-corrected chi connectivity index (χ4v) is 2.92. The number of ether oxygens (including phenoxy) is 1. The van der Waals surface area contributed by atoms with Crippen molar-refractivity contribution in [2.45, 2.75) is 6.42 Å². The molecule has 1 aliphatic heterocycles. The molecule has 6 nitrogen and oxygen atoms in total. The second-order valence-corrected chi connectivity index (χ2v) is 5.43. The Bertz CT molecular complexity index is 595. The molecule has 0 atom stereocenters. The molecule has 0 radical (unpaired) electrons. The Morgan fingerprint density at radius 2 is 2.25 bits per heavy atom. The second kappa shape index (κ2) is 6.15. The maximum absolute atomic E-state index is 12.0. The highest BCUT2D eigenvalue weighted by atomic mass is 32.1. The minimum atomic E-state index is 0.163. The smallest absolute Gasteiger partial charge is 0.224 e. The number of hydrogen-bond donors (Lipinski definition) is 1. The van der Waals surface area contributed by atoms with Crippen LogP contribution in [0.1, 0.15) is 6.42 Å². The van der Waals surface area contributed by atoms with Crippen LogP contribution in [0, 0.1) is 0 Å². The van der Waals surface area contributed by atoms with E-state index in [0.29, 0.717) is 39.3 Å². The normalized spacial score (nSPS) is 15.5. The molecule has 3 heterocycles. The molecule has 1 aliphatic rings. The van der Waals surface area contributed by atoms with E-state index >= 15 is 0 Å². The first-order valence-corrected chi connectivity index (χ1v) is 7.50. The van der Waals surface area contributed by atoms with Crippen LogP contribution in [0.25, 0.3) is 10.2 Å². The van der Waals surface area contributed by atoms with Crippen molar-refractivity contribution in [2.75, 3.05) is 38.2 Å². The molecule has 2 aromatic rings. The molecule has 1 amide bonds.